The molecule has 0 aliphatic carbocycles. The Labute approximate surface area is 141 Å². The summed E-state index contributed by atoms with van der Waals surface area (Å²) in [5.41, 5.74) is 3.30. The summed E-state index contributed by atoms with van der Waals surface area (Å²) in [6.07, 6.45) is 0.729. The molecular formula is C19H18N4O. The first-order chi connectivity index (χ1) is 11.7. The minimum absolute atomic E-state index is 0.332. The molecule has 0 amide bonds. The van der Waals surface area contributed by atoms with Gasteiger partial charge in [-0.15, -0.1) is 0 Å². The zero-order valence-electron chi connectivity index (χ0n) is 13.6. The summed E-state index contributed by atoms with van der Waals surface area (Å²) < 4.78 is 0. The van der Waals surface area contributed by atoms with Gasteiger partial charge in [-0.05, 0) is 30.7 Å². The predicted octanol–water partition coefficient (Wildman–Crippen LogP) is 4.11. The van der Waals surface area contributed by atoms with Gasteiger partial charge in [0.1, 0.15) is 11.5 Å². The largest absolute Gasteiger partial charge is 0.329 e. The molecule has 0 saturated heterocycles. The van der Waals surface area contributed by atoms with Crippen LogP contribution >= 0.6 is 0 Å². The summed E-state index contributed by atoms with van der Waals surface area (Å²) in [5.74, 6) is 1.04. The second-order valence-corrected chi connectivity index (χ2v) is 5.43. The molecule has 24 heavy (non-hydrogen) atoms. The number of nitrogens with zero attached hydrogens (tertiary/aromatic N) is 3. The number of carbonyl (C=O) groups excluding carboxylic acids is 1. The molecule has 3 aromatic rings. The smallest absolute Gasteiger partial charge is 0.229 e. The lowest BCUT2D eigenvalue weighted by Gasteiger charge is -2.19. The Morgan fingerprint density at radius 3 is 2.42 bits per heavy atom. The maximum absolute atomic E-state index is 11.3. The molecular weight excluding hydrogens is 300 g/mol. The number of aryl methyl sites for hydroxylation is 1. The Balaban J connectivity index is 1.97. The van der Waals surface area contributed by atoms with E-state index < -0.39 is 0 Å². The maximum atomic E-state index is 11.3. The normalized spacial score (nSPS) is 10.2. The fraction of sp³-hybridized carbons (Fsp3) is 0.105. The number of aldehydes is 1. The Kier molecular flexibility index (Phi) is 4.52. The summed E-state index contributed by atoms with van der Waals surface area (Å²) in [6, 6.07) is 19.4. The van der Waals surface area contributed by atoms with Gasteiger partial charge in [0.2, 0.25) is 5.95 Å². The number of rotatable bonds is 5. The van der Waals surface area contributed by atoms with Crippen molar-refractivity contribution in [2.45, 2.75) is 6.92 Å². The van der Waals surface area contributed by atoms with Gasteiger partial charge in [-0.2, -0.15) is 4.98 Å². The first-order valence-electron chi connectivity index (χ1n) is 7.63. The molecule has 120 valence electrons. The van der Waals surface area contributed by atoms with Crippen molar-refractivity contribution in [1.82, 2.24) is 9.97 Å². The zero-order valence-corrected chi connectivity index (χ0v) is 13.6. The van der Waals surface area contributed by atoms with Gasteiger partial charge in [0.15, 0.2) is 6.29 Å². The number of para-hydroxylation sites is 2. The van der Waals surface area contributed by atoms with Crippen LogP contribution in [0, 0.1) is 6.92 Å². The first kappa shape index (κ1) is 15.7. The van der Waals surface area contributed by atoms with E-state index in [2.05, 4.69) is 15.3 Å². The van der Waals surface area contributed by atoms with Crippen molar-refractivity contribution in [2.24, 2.45) is 0 Å². The highest BCUT2D eigenvalue weighted by molar-refractivity contribution is 5.76. The summed E-state index contributed by atoms with van der Waals surface area (Å²) in [4.78, 5) is 22.0. The SMILES string of the molecule is Cc1ccccc1Nc1nc(C=O)cc(N(C)c2ccccc2)n1. The predicted molar refractivity (Wildman–Crippen MR) is 96.4 cm³/mol. The number of nitrogens with one attached hydrogen (secondary N) is 1. The van der Waals surface area contributed by atoms with Gasteiger partial charge in [-0.3, -0.25) is 4.79 Å². The van der Waals surface area contributed by atoms with Crippen LogP contribution in [0.2, 0.25) is 0 Å². The average Bonchev–Trinajstić information content (AvgIpc) is 2.63. The molecule has 0 unspecified atom stereocenters. The van der Waals surface area contributed by atoms with E-state index in [1.807, 2.05) is 73.5 Å². The van der Waals surface area contributed by atoms with Crippen molar-refractivity contribution in [2.75, 3.05) is 17.3 Å². The quantitative estimate of drug-likeness (QED) is 0.717. The zero-order chi connectivity index (χ0) is 16.9. The van der Waals surface area contributed by atoms with Gasteiger partial charge in [0.05, 0.1) is 0 Å². The van der Waals surface area contributed by atoms with E-state index in [0.29, 0.717) is 17.5 Å². The third-order valence-electron chi connectivity index (χ3n) is 3.73. The van der Waals surface area contributed by atoms with Crippen LogP contribution in [-0.4, -0.2) is 23.3 Å². The first-order valence-corrected chi connectivity index (χ1v) is 7.63. The van der Waals surface area contributed by atoms with Crippen molar-refractivity contribution in [3.63, 3.8) is 0 Å². The third kappa shape index (κ3) is 3.41. The lowest BCUT2D eigenvalue weighted by atomic mass is 10.2. The summed E-state index contributed by atoms with van der Waals surface area (Å²) in [5, 5.41) is 3.19. The van der Waals surface area contributed by atoms with Gasteiger partial charge in [-0.1, -0.05) is 36.4 Å². The number of carbonyl (C=O) groups is 1. The van der Waals surface area contributed by atoms with Crippen molar-refractivity contribution < 1.29 is 4.79 Å². The van der Waals surface area contributed by atoms with E-state index in [-0.39, 0.29) is 0 Å². The van der Waals surface area contributed by atoms with Gasteiger partial charge in [0.25, 0.3) is 0 Å². The molecule has 0 spiro atoms. The molecule has 0 bridgehead atoms. The van der Waals surface area contributed by atoms with E-state index >= 15 is 0 Å². The van der Waals surface area contributed by atoms with Crippen LogP contribution in [-0.2, 0) is 0 Å². The molecule has 1 N–H and O–H groups in total. The lowest BCUT2D eigenvalue weighted by Crippen LogP contribution is -2.13. The number of benzene rings is 2. The number of anilines is 4. The molecule has 0 saturated carbocycles. The molecule has 1 heterocycles. The molecule has 0 fully saturated rings. The Hall–Kier alpha value is -3.21. The maximum Gasteiger partial charge on any atom is 0.229 e. The highest BCUT2D eigenvalue weighted by Crippen LogP contribution is 2.24. The van der Waals surface area contributed by atoms with Crippen LogP contribution in [0.3, 0.4) is 0 Å². The second-order valence-electron chi connectivity index (χ2n) is 5.43. The van der Waals surface area contributed by atoms with E-state index in [1.54, 1.807) is 6.07 Å². The van der Waals surface area contributed by atoms with Crippen LogP contribution < -0.4 is 10.2 Å². The standard InChI is InChI=1S/C19H18N4O/c1-14-8-6-7-11-17(14)21-19-20-15(13-24)12-18(22-19)23(2)16-9-4-3-5-10-16/h3-13H,1-2H3,(H,20,21,22). The van der Waals surface area contributed by atoms with E-state index in [9.17, 15) is 4.79 Å². The highest BCUT2D eigenvalue weighted by Gasteiger charge is 2.10. The summed E-state index contributed by atoms with van der Waals surface area (Å²) in [6.45, 7) is 2.00. The fourth-order valence-electron chi connectivity index (χ4n) is 2.36. The van der Waals surface area contributed by atoms with E-state index in [1.165, 1.54) is 0 Å². The lowest BCUT2D eigenvalue weighted by molar-refractivity contribution is 0.111. The van der Waals surface area contributed by atoms with Crippen LogP contribution in [0.25, 0.3) is 0 Å². The molecule has 3 rings (SSSR count). The van der Waals surface area contributed by atoms with Gasteiger partial charge >= 0.3 is 0 Å². The minimum atomic E-state index is 0.332. The number of aromatic nitrogens is 2. The van der Waals surface area contributed by atoms with Gasteiger partial charge in [0, 0.05) is 24.5 Å². The van der Waals surface area contributed by atoms with Crippen molar-refractivity contribution in [1.29, 1.82) is 0 Å². The molecule has 0 radical (unpaired) electrons. The monoisotopic (exact) mass is 318 g/mol. The van der Waals surface area contributed by atoms with Crippen LogP contribution in [0.5, 0.6) is 0 Å². The second kappa shape index (κ2) is 6.91. The summed E-state index contributed by atoms with van der Waals surface area (Å²) in [7, 11) is 1.91. The van der Waals surface area contributed by atoms with Crippen LogP contribution in [0.1, 0.15) is 16.1 Å². The molecule has 1 aromatic heterocycles. The van der Waals surface area contributed by atoms with Crippen LogP contribution in [0.4, 0.5) is 23.1 Å². The van der Waals surface area contributed by atoms with E-state index in [0.717, 1.165) is 23.2 Å². The average molecular weight is 318 g/mol. The molecule has 0 aliphatic heterocycles. The Morgan fingerprint density at radius 2 is 1.71 bits per heavy atom. The number of hydrogen-bond acceptors (Lipinski definition) is 5. The third-order valence-corrected chi connectivity index (χ3v) is 3.73. The van der Waals surface area contributed by atoms with Crippen LogP contribution in [0.15, 0.2) is 60.7 Å². The molecule has 2 aromatic carbocycles. The summed E-state index contributed by atoms with van der Waals surface area (Å²) >= 11 is 0. The Morgan fingerprint density at radius 1 is 1.00 bits per heavy atom. The minimum Gasteiger partial charge on any atom is -0.329 e. The van der Waals surface area contributed by atoms with Crippen molar-refractivity contribution >= 4 is 29.4 Å². The van der Waals surface area contributed by atoms with Gasteiger partial charge in [-0.25, -0.2) is 4.98 Å². The topological polar surface area (TPSA) is 58.1 Å². The van der Waals surface area contributed by atoms with Crippen molar-refractivity contribution in [3.8, 4) is 0 Å². The van der Waals surface area contributed by atoms with Gasteiger partial charge < -0.3 is 10.2 Å². The molecule has 5 nitrogen and oxygen atoms in total. The van der Waals surface area contributed by atoms with E-state index in [4.69, 9.17) is 0 Å². The molecule has 0 aliphatic rings. The number of hydrogen-bond donors (Lipinski definition) is 1. The Bertz CT molecular complexity index is 849. The molecule has 0 atom stereocenters. The molecule has 5 heteroatoms. The highest BCUT2D eigenvalue weighted by atomic mass is 16.1. The fourth-order valence-corrected chi connectivity index (χ4v) is 2.36. The van der Waals surface area contributed by atoms with Crippen molar-refractivity contribution in [3.05, 3.63) is 71.9 Å².